The molecule has 1 aromatic carbocycles. The molecule has 136 valence electrons. The first kappa shape index (κ1) is 16.8. The van der Waals surface area contributed by atoms with Crippen molar-refractivity contribution in [3.8, 4) is 11.3 Å². The minimum atomic E-state index is 0.638. The molecule has 7 heteroatoms. The van der Waals surface area contributed by atoms with Gasteiger partial charge in [0.25, 0.3) is 0 Å². The van der Waals surface area contributed by atoms with Gasteiger partial charge in [-0.3, -0.25) is 0 Å². The van der Waals surface area contributed by atoms with Gasteiger partial charge in [0.05, 0.1) is 31.7 Å². The second-order valence-electron chi connectivity index (χ2n) is 6.20. The SMILES string of the molecule is COCCNc1ccc2ncc(-c3ccc(N4CCOCC4)cc3)n2n1. The number of aromatic nitrogens is 3. The van der Waals surface area contributed by atoms with Crippen molar-refractivity contribution in [1.82, 2.24) is 14.6 Å². The normalized spacial score (nSPS) is 14.7. The van der Waals surface area contributed by atoms with Crippen LogP contribution >= 0.6 is 0 Å². The fourth-order valence-corrected chi connectivity index (χ4v) is 3.11. The van der Waals surface area contributed by atoms with E-state index in [4.69, 9.17) is 9.47 Å². The van der Waals surface area contributed by atoms with Gasteiger partial charge in [0.1, 0.15) is 5.82 Å². The van der Waals surface area contributed by atoms with Crippen LogP contribution in [0.1, 0.15) is 0 Å². The molecule has 0 unspecified atom stereocenters. The van der Waals surface area contributed by atoms with E-state index in [2.05, 4.69) is 44.6 Å². The highest BCUT2D eigenvalue weighted by Gasteiger charge is 2.12. The molecule has 7 nitrogen and oxygen atoms in total. The Kier molecular flexibility index (Phi) is 4.99. The number of fused-ring (bicyclic) bond motifs is 1. The maximum absolute atomic E-state index is 5.42. The van der Waals surface area contributed by atoms with Crippen LogP contribution in [0.4, 0.5) is 11.5 Å². The summed E-state index contributed by atoms with van der Waals surface area (Å²) in [6.07, 6.45) is 1.87. The molecule has 0 aliphatic carbocycles. The zero-order chi connectivity index (χ0) is 17.8. The maximum Gasteiger partial charge on any atom is 0.154 e. The van der Waals surface area contributed by atoms with Crippen molar-refractivity contribution in [2.75, 3.05) is 56.8 Å². The summed E-state index contributed by atoms with van der Waals surface area (Å²) in [6.45, 7) is 4.81. The van der Waals surface area contributed by atoms with Gasteiger partial charge in [0, 0.05) is 38.0 Å². The summed E-state index contributed by atoms with van der Waals surface area (Å²) in [5, 5.41) is 7.91. The highest BCUT2D eigenvalue weighted by molar-refractivity contribution is 5.66. The van der Waals surface area contributed by atoms with Crippen molar-refractivity contribution in [3.63, 3.8) is 0 Å². The van der Waals surface area contributed by atoms with Crippen LogP contribution in [-0.2, 0) is 9.47 Å². The number of nitrogens with zero attached hydrogens (tertiary/aromatic N) is 4. The highest BCUT2D eigenvalue weighted by Crippen LogP contribution is 2.24. The standard InChI is InChI=1S/C19H23N5O2/c1-25-11-8-20-18-6-7-19-21-14-17(24(19)22-18)15-2-4-16(5-3-15)23-9-12-26-13-10-23/h2-7,14H,8-13H2,1H3,(H,20,22). The lowest BCUT2D eigenvalue weighted by Crippen LogP contribution is -2.36. The number of hydrogen-bond donors (Lipinski definition) is 1. The Morgan fingerprint density at radius 2 is 1.92 bits per heavy atom. The van der Waals surface area contributed by atoms with Gasteiger partial charge >= 0.3 is 0 Å². The second-order valence-corrected chi connectivity index (χ2v) is 6.20. The number of ether oxygens (including phenoxy) is 2. The first-order valence-electron chi connectivity index (χ1n) is 8.86. The first-order valence-corrected chi connectivity index (χ1v) is 8.86. The Morgan fingerprint density at radius 1 is 1.12 bits per heavy atom. The van der Waals surface area contributed by atoms with Crippen LogP contribution < -0.4 is 10.2 Å². The Hall–Kier alpha value is -2.64. The van der Waals surface area contributed by atoms with Crippen molar-refractivity contribution in [2.24, 2.45) is 0 Å². The molecule has 0 radical (unpaired) electrons. The number of benzene rings is 1. The largest absolute Gasteiger partial charge is 0.383 e. The molecule has 0 saturated carbocycles. The van der Waals surface area contributed by atoms with Gasteiger partial charge in [0.2, 0.25) is 0 Å². The molecule has 26 heavy (non-hydrogen) atoms. The Morgan fingerprint density at radius 3 is 2.69 bits per heavy atom. The third-order valence-corrected chi connectivity index (χ3v) is 4.51. The average molecular weight is 353 g/mol. The summed E-state index contributed by atoms with van der Waals surface area (Å²) in [4.78, 5) is 6.81. The minimum absolute atomic E-state index is 0.638. The molecule has 1 fully saturated rings. The fourth-order valence-electron chi connectivity index (χ4n) is 3.11. The molecule has 0 atom stereocenters. The van der Waals surface area contributed by atoms with E-state index < -0.39 is 0 Å². The van der Waals surface area contributed by atoms with E-state index >= 15 is 0 Å². The van der Waals surface area contributed by atoms with Crippen LogP contribution in [0.5, 0.6) is 0 Å². The summed E-state index contributed by atoms with van der Waals surface area (Å²) in [6, 6.07) is 12.5. The predicted octanol–water partition coefficient (Wildman–Crippen LogP) is 2.29. The van der Waals surface area contributed by atoms with Crippen LogP contribution in [0.25, 0.3) is 16.9 Å². The number of morpholine rings is 1. The lowest BCUT2D eigenvalue weighted by atomic mass is 10.1. The monoisotopic (exact) mass is 353 g/mol. The second kappa shape index (κ2) is 7.72. The molecule has 3 aromatic rings. The van der Waals surface area contributed by atoms with E-state index in [1.54, 1.807) is 7.11 Å². The van der Waals surface area contributed by atoms with Crippen LogP contribution in [0.3, 0.4) is 0 Å². The molecule has 0 bridgehead atoms. The number of methoxy groups -OCH3 is 1. The molecular formula is C19H23N5O2. The Bertz CT molecular complexity index is 856. The smallest absolute Gasteiger partial charge is 0.154 e. The predicted molar refractivity (Wildman–Crippen MR) is 102 cm³/mol. The third-order valence-electron chi connectivity index (χ3n) is 4.51. The van der Waals surface area contributed by atoms with Crippen LogP contribution in [-0.4, -0.2) is 61.2 Å². The Balaban J connectivity index is 1.58. The van der Waals surface area contributed by atoms with Crippen molar-refractivity contribution in [3.05, 3.63) is 42.6 Å². The van der Waals surface area contributed by atoms with E-state index in [0.29, 0.717) is 13.2 Å². The lowest BCUT2D eigenvalue weighted by molar-refractivity contribution is 0.122. The quantitative estimate of drug-likeness (QED) is 0.686. The molecule has 3 heterocycles. The third kappa shape index (κ3) is 3.49. The van der Waals surface area contributed by atoms with E-state index in [9.17, 15) is 0 Å². The topological polar surface area (TPSA) is 63.9 Å². The van der Waals surface area contributed by atoms with Crippen LogP contribution in [0, 0.1) is 0 Å². The van der Waals surface area contributed by atoms with Crippen molar-refractivity contribution >= 4 is 17.2 Å². The summed E-state index contributed by atoms with van der Waals surface area (Å²) in [5.74, 6) is 0.804. The van der Waals surface area contributed by atoms with Crippen molar-refractivity contribution < 1.29 is 9.47 Å². The number of rotatable bonds is 6. The van der Waals surface area contributed by atoms with Gasteiger partial charge < -0.3 is 19.7 Å². The molecule has 1 aliphatic heterocycles. The van der Waals surface area contributed by atoms with E-state index in [0.717, 1.165) is 49.0 Å². The molecular weight excluding hydrogens is 330 g/mol. The summed E-state index contributed by atoms with van der Waals surface area (Å²) < 4.78 is 12.4. The van der Waals surface area contributed by atoms with Crippen LogP contribution in [0.15, 0.2) is 42.6 Å². The molecule has 1 aliphatic rings. The summed E-state index contributed by atoms with van der Waals surface area (Å²) in [7, 11) is 1.69. The summed E-state index contributed by atoms with van der Waals surface area (Å²) >= 11 is 0. The van der Waals surface area contributed by atoms with E-state index in [-0.39, 0.29) is 0 Å². The van der Waals surface area contributed by atoms with Crippen molar-refractivity contribution in [2.45, 2.75) is 0 Å². The van der Waals surface area contributed by atoms with Gasteiger partial charge in [-0.25, -0.2) is 9.50 Å². The van der Waals surface area contributed by atoms with Gasteiger partial charge in [-0.15, -0.1) is 5.10 Å². The van der Waals surface area contributed by atoms with Crippen molar-refractivity contribution in [1.29, 1.82) is 0 Å². The maximum atomic E-state index is 5.42. The van der Waals surface area contributed by atoms with Gasteiger partial charge in [0.15, 0.2) is 5.65 Å². The molecule has 4 rings (SSSR count). The Labute approximate surface area is 152 Å². The lowest BCUT2D eigenvalue weighted by Gasteiger charge is -2.28. The van der Waals surface area contributed by atoms with Crippen LogP contribution in [0.2, 0.25) is 0 Å². The number of anilines is 2. The van der Waals surface area contributed by atoms with Gasteiger partial charge in [-0.1, -0.05) is 12.1 Å². The van der Waals surface area contributed by atoms with Gasteiger partial charge in [-0.05, 0) is 24.3 Å². The minimum Gasteiger partial charge on any atom is -0.383 e. The zero-order valence-electron chi connectivity index (χ0n) is 14.9. The zero-order valence-corrected chi connectivity index (χ0v) is 14.9. The molecule has 1 saturated heterocycles. The first-order chi connectivity index (χ1) is 12.8. The van der Waals surface area contributed by atoms with E-state index in [1.165, 1.54) is 5.69 Å². The number of hydrogen-bond acceptors (Lipinski definition) is 6. The van der Waals surface area contributed by atoms with Gasteiger partial charge in [-0.2, -0.15) is 0 Å². The molecule has 2 aromatic heterocycles. The van der Waals surface area contributed by atoms with E-state index in [1.807, 2.05) is 22.8 Å². The average Bonchev–Trinajstić information content (AvgIpc) is 3.12. The summed E-state index contributed by atoms with van der Waals surface area (Å²) in [5.41, 5.74) is 4.12. The fraction of sp³-hybridized carbons (Fsp3) is 0.368. The highest BCUT2D eigenvalue weighted by atomic mass is 16.5. The molecule has 1 N–H and O–H groups in total. The molecule has 0 spiro atoms. The molecule has 0 amide bonds. The number of nitrogens with one attached hydrogen (secondary N) is 1. The number of imidazole rings is 1.